The number of pyridine rings is 2. The number of hydrogen-bond acceptors (Lipinski definition) is 6. The van der Waals surface area contributed by atoms with Gasteiger partial charge in [-0.15, -0.1) is 0 Å². The molecule has 0 unspecified atom stereocenters. The van der Waals surface area contributed by atoms with E-state index < -0.39 is 5.82 Å². The Labute approximate surface area is 195 Å². The Morgan fingerprint density at radius 1 is 1.27 bits per heavy atom. The normalized spacial score (nSPS) is 20.8. The SMILES string of the molecule is Cc1c(-c2cc(Sc3ncccc3F)c3c(C#N)cnn3c2)cnn1[C@H]1CC[C@@](C)(N)CC1. The third-order valence-corrected chi connectivity index (χ3v) is 7.45. The lowest BCUT2D eigenvalue weighted by Crippen LogP contribution is -2.40. The average molecular weight is 462 g/mol. The Hall–Kier alpha value is -3.22. The molecule has 1 fully saturated rings. The van der Waals surface area contributed by atoms with Gasteiger partial charge in [-0.3, -0.25) is 4.68 Å². The molecule has 0 saturated heterocycles. The zero-order chi connectivity index (χ0) is 23.2. The predicted molar refractivity (Wildman–Crippen MR) is 124 cm³/mol. The van der Waals surface area contributed by atoms with Gasteiger partial charge in [-0.1, -0.05) is 11.8 Å². The van der Waals surface area contributed by atoms with Crippen LogP contribution >= 0.6 is 11.8 Å². The molecule has 0 aliphatic heterocycles. The number of halogens is 1. The van der Waals surface area contributed by atoms with E-state index >= 15 is 0 Å². The first-order chi connectivity index (χ1) is 15.9. The molecule has 7 nitrogen and oxygen atoms in total. The van der Waals surface area contributed by atoms with Gasteiger partial charge in [0.1, 0.15) is 11.1 Å². The maximum absolute atomic E-state index is 14.3. The van der Waals surface area contributed by atoms with Gasteiger partial charge in [0, 0.05) is 39.6 Å². The molecule has 0 aromatic carbocycles. The molecule has 5 rings (SSSR count). The number of nitrogens with two attached hydrogens (primary N) is 1. The number of aromatic nitrogens is 5. The van der Waals surface area contributed by atoms with E-state index in [1.54, 1.807) is 16.8 Å². The minimum Gasteiger partial charge on any atom is -0.325 e. The Morgan fingerprint density at radius 3 is 2.79 bits per heavy atom. The van der Waals surface area contributed by atoms with Gasteiger partial charge in [0.15, 0.2) is 5.82 Å². The highest BCUT2D eigenvalue weighted by Gasteiger charge is 2.29. The first-order valence-electron chi connectivity index (χ1n) is 10.9. The van der Waals surface area contributed by atoms with Gasteiger partial charge < -0.3 is 5.73 Å². The number of hydrogen-bond donors (Lipinski definition) is 1. The lowest BCUT2D eigenvalue weighted by molar-refractivity contribution is 0.238. The van der Waals surface area contributed by atoms with Crippen LogP contribution in [0.5, 0.6) is 0 Å². The van der Waals surface area contributed by atoms with Crippen LogP contribution in [-0.2, 0) is 0 Å². The highest BCUT2D eigenvalue weighted by atomic mass is 32.2. The number of rotatable bonds is 4. The second-order valence-electron chi connectivity index (χ2n) is 8.92. The van der Waals surface area contributed by atoms with Crippen molar-refractivity contribution >= 4 is 17.3 Å². The predicted octanol–water partition coefficient (Wildman–Crippen LogP) is 4.90. The van der Waals surface area contributed by atoms with Crippen LogP contribution in [0.15, 0.2) is 52.9 Å². The molecular formula is C24H24FN7S. The van der Waals surface area contributed by atoms with Crippen molar-refractivity contribution in [2.45, 2.75) is 61.0 Å². The monoisotopic (exact) mass is 461 g/mol. The third-order valence-electron chi connectivity index (χ3n) is 6.43. The van der Waals surface area contributed by atoms with Crippen LogP contribution in [0.2, 0.25) is 0 Å². The summed E-state index contributed by atoms with van der Waals surface area (Å²) in [5.74, 6) is -0.405. The van der Waals surface area contributed by atoms with Crippen LogP contribution in [0.4, 0.5) is 4.39 Å². The Kier molecular flexibility index (Phi) is 5.43. The fourth-order valence-corrected chi connectivity index (χ4v) is 5.50. The van der Waals surface area contributed by atoms with Crippen LogP contribution in [0, 0.1) is 24.1 Å². The smallest absolute Gasteiger partial charge is 0.155 e. The summed E-state index contributed by atoms with van der Waals surface area (Å²) in [6, 6.07) is 7.40. The number of fused-ring (bicyclic) bond motifs is 1. The van der Waals surface area contributed by atoms with Gasteiger partial charge in [0.25, 0.3) is 0 Å². The summed E-state index contributed by atoms with van der Waals surface area (Å²) in [5, 5.41) is 18.9. The van der Waals surface area contributed by atoms with Crippen molar-refractivity contribution in [1.82, 2.24) is 24.4 Å². The van der Waals surface area contributed by atoms with Crippen LogP contribution in [0.1, 0.15) is 49.9 Å². The highest BCUT2D eigenvalue weighted by molar-refractivity contribution is 7.99. The molecule has 4 aromatic rings. The Bertz CT molecular complexity index is 1370. The molecule has 2 N–H and O–H groups in total. The van der Waals surface area contributed by atoms with Crippen molar-refractivity contribution in [1.29, 1.82) is 5.26 Å². The lowest BCUT2D eigenvalue weighted by Gasteiger charge is -2.34. The molecule has 0 bridgehead atoms. The quantitative estimate of drug-likeness (QED) is 0.464. The molecule has 1 aliphatic rings. The second-order valence-corrected chi connectivity index (χ2v) is 9.95. The summed E-state index contributed by atoms with van der Waals surface area (Å²) >= 11 is 1.19. The standard InChI is InChI=1S/C24H24FN7S/c1-15-19(13-30-32(15)18-5-7-24(2,27)8-6-18)16-10-21(33-23-20(25)4-3-9-28-23)22-17(11-26)12-29-31(22)14-16/h3-4,9-10,12-14,18H,5-8,27H2,1-2H3/t18-,24+. The van der Waals surface area contributed by atoms with E-state index in [1.807, 2.05) is 18.5 Å². The van der Waals surface area contributed by atoms with Crippen molar-refractivity contribution in [3.8, 4) is 17.2 Å². The van der Waals surface area contributed by atoms with Gasteiger partial charge in [0.05, 0.1) is 29.5 Å². The van der Waals surface area contributed by atoms with Crippen LogP contribution < -0.4 is 5.73 Å². The van der Waals surface area contributed by atoms with Crippen molar-refractivity contribution < 1.29 is 4.39 Å². The van der Waals surface area contributed by atoms with E-state index in [1.165, 1.54) is 24.0 Å². The molecule has 1 saturated carbocycles. The van der Waals surface area contributed by atoms with Gasteiger partial charge in [-0.25, -0.2) is 13.9 Å². The van der Waals surface area contributed by atoms with Gasteiger partial charge in [-0.2, -0.15) is 15.5 Å². The van der Waals surface area contributed by atoms with Crippen LogP contribution in [-0.4, -0.2) is 29.9 Å². The molecule has 0 radical (unpaired) electrons. The van der Waals surface area contributed by atoms with Crippen molar-refractivity contribution in [2.24, 2.45) is 5.73 Å². The summed E-state index contributed by atoms with van der Waals surface area (Å²) in [6.45, 7) is 4.18. The highest BCUT2D eigenvalue weighted by Crippen LogP contribution is 2.38. The zero-order valence-corrected chi connectivity index (χ0v) is 19.3. The maximum Gasteiger partial charge on any atom is 0.155 e. The van der Waals surface area contributed by atoms with Gasteiger partial charge >= 0.3 is 0 Å². The first-order valence-corrected chi connectivity index (χ1v) is 11.7. The van der Waals surface area contributed by atoms with E-state index in [2.05, 4.69) is 34.7 Å². The fourth-order valence-electron chi connectivity index (χ4n) is 4.52. The van der Waals surface area contributed by atoms with Gasteiger partial charge in [-0.05, 0) is 57.7 Å². The fraction of sp³-hybridized carbons (Fsp3) is 0.333. The van der Waals surface area contributed by atoms with E-state index in [4.69, 9.17) is 10.8 Å². The second kappa shape index (κ2) is 8.28. The lowest BCUT2D eigenvalue weighted by atomic mass is 9.81. The van der Waals surface area contributed by atoms with Crippen LogP contribution in [0.25, 0.3) is 16.6 Å². The molecular weight excluding hydrogens is 437 g/mol. The summed E-state index contributed by atoms with van der Waals surface area (Å²) in [5.41, 5.74) is 10.2. The molecule has 9 heteroatoms. The minimum absolute atomic E-state index is 0.100. The molecule has 1 aliphatic carbocycles. The summed E-state index contributed by atoms with van der Waals surface area (Å²) in [4.78, 5) is 4.88. The largest absolute Gasteiger partial charge is 0.325 e. The maximum atomic E-state index is 14.3. The molecule has 0 atom stereocenters. The van der Waals surface area contributed by atoms with E-state index in [0.29, 0.717) is 22.0 Å². The number of nitriles is 1. The van der Waals surface area contributed by atoms with E-state index in [9.17, 15) is 9.65 Å². The molecule has 0 amide bonds. The van der Waals surface area contributed by atoms with Gasteiger partial charge in [0.2, 0.25) is 0 Å². The first kappa shape index (κ1) is 21.6. The third kappa shape index (κ3) is 4.01. The topological polar surface area (TPSA) is 97.8 Å². The van der Waals surface area contributed by atoms with Crippen LogP contribution in [0.3, 0.4) is 0 Å². The van der Waals surface area contributed by atoms with Crippen molar-refractivity contribution in [3.05, 3.63) is 60.1 Å². The van der Waals surface area contributed by atoms with Crippen molar-refractivity contribution in [3.63, 3.8) is 0 Å². The summed E-state index contributed by atoms with van der Waals surface area (Å²) < 4.78 is 18.1. The van der Waals surface area contributed by atoms with Crippen molar-refractivity contribution in [2.75, 3.05) is 0 Å². The number of nitrogens with zero attached hydrogens (tertiary/aromatic N) is 6. The minimum atomic E-state index is -0.405. The molecule has 4 aromatic heterocycles. The average Bonchev–Trinajstić information content (AvgIpc) is 3.39. The summed E-state index contributed by atoms with van der Waals surface area (Å²) in [7, 11) is 0. The van der Waals surface area contributed by atoms with E-state index in [-0.39, 0.29) is 10.6 Å². The van der Waals surface area contributed by atoms with E-state index in [0.717, 1.165) is 42.5 Å². The zero-order valence-electron chi connectivity index (χ0n) is 18.5. The molecule has 168 valence electrons. The molecule has 33 heavy (non-hydrogen) atoms. The Balaban J connectivity index is 1.57. The Morgan fingerprint density at radius 2 is 2.06 bits per heavy atom. The summed E-state index contributed by atoms with van der Waals surface area (Å²) in [6.07, 6.45) is 10.8. The molecule has 0 spiro atoms. The molecule has 4 heterocycles.